The molecule has 1 saturated heterocycles. The molecule has 1 aromatic heterocycles. The molecule has 6 nitrogen and oxygen atoms in total. The number of aromatic nitrogens is 2. The first-order valence-electron chi connectivity index (χ1n) is 6.91. The molecule has 0 spiro atoms. The molecule has 1 aliphatic heterocycles. The van der Waals surface area contributed by atoms with Crippen LogP contribution in [0, 0.1) is 12.8 Å². The van der Waals surface area contributed by atoms with Crippen molar-refractivity contribution >= 4 is 10.0 Å². The normalized spacial score (nSPS) is 22.9. The largest absolute Gasteiger partial charge is 0.387 e. The van der Waals surface area contributed by atoms with E-state index in [1.807, 2.05) is 20.0 Å². The number of piperidine rings is 1. The zero-order valence-electron chi connectivity index (χ0n) is 12.3. The van der Waals surface area contributed by atoms with Crippen LogP contribution in [0.5, 0.6) is 0 Å². The van der Waals surface area contributed by atoms with Gasteiger partial charge in [-0.05, 0) is 38.2 Å². The molecule has 0 amide bonds. The number of hydrogen-bond acceptors (Lipinski definition) is 4. The van der Waals surface area contributed by atoms with Crippen LogP contribution < -0.4 is 0 Å². The molecule has 114 valence electrons. The molecule has 0 aromatic carbocycles. The molecule has 1 aliphatic rings. The van der Waals surface area contributed by atoms with Gasteiger partial charge in [-0.15, -0.1) is 0 Å². The quantitative estimate of drug-likeness (QED) is 0.893. The van der Waals surface area contributed by atoms with E-state index in [4.69, 9.17) is 0 Å². The monoisotopic (exact) mass is 301 g/mol. The average molecular weight is 301 g/mol. The van der Waals surface area contributed by atoms with Gasteiger partial charge in [0.25, 0.3) is 0 Å². The second-order valence-electron chi connectivity index (χ2n) is 5.71. The lowest BCUT2D eigenvalue weighted by molar-refractivity contribution is 0.116. The van der Waals surface area contributed by atoms with Gasteiger partial charge in [-0.1, -0.05) is 0 Å². The molecule has 1 aromatic rings. The molecule has 2 heterocycles. The van der Waals surface area contributed by atoms with Gasteiger partial charge in [0.15, 0.2) is 0 Å². The van der Waals surface area contributed by atoms with Crippen molar-refractivity contribution in [2.45, 2.75) is 32.3 Å². The third-order valence-electron chi connectivity index (χ3n) is 3.89. The van der Waals surface area contributed by atoms with E-state index in [-0.39, 0.29) is 5.92 Å². The van der Waals surface area contributed by atoms with Crippen molar-refractivity contribution < 1.29 is 13.5 Å². The minimum Gasteiger partial charge on any atom is -0.387 e. The highest BCUT2D eigenvalue weighted by Crippen LogP contribution is 2.28. The zero-order chi connectivity index (χ0) is 14.9. The van der Waals surface area contributed by atoms with E-state index in [0.717, 1.165) is 24.2 Å². The van der Waals surface area contributed by atoms with Crippen molar-refractivity contribution in [3.63, 3.8) is 0 Å². The van der Waals surface area contributed by atoms with E-state index in [9.17, 15) is 13.5 Å². The molecule has 1 fully saturated rings. The molecular weight excluding hydrogens is 278 g/mol. The Bertz CT molecular complexity index is 567. The average Bonchev–Trinajstić information content (AvgIpc) is 2.68. The highest BCUT2D eigenvalue weighted by atomic mass is 32.2. The summed E-state index contributed by atoms with van der Waals surface area (Å²) in [5.74, 6) is 0.198. The van der Waals surface area contributed by atoms with Crippen molar-refractivity contribution in [3.05, 3.63) is 17.5 Å². The molecule has 0 saturated carbocycles. The standard InChI is InChI=1S/C13H23N3O3S/c1-10-7-12(15(2)14-10)13(17)8-11-5-4-6-16(9-11)20(3,18)19/h7,11,13,17H,4-6,8-9H2,1-3H3. The van der Waals surface area contributed by atoms with Crippen LogP contribution in [0.25, 0.3) is 0 Å². The van der Waals surface area contributed by atoms with E-state index >= 15 is 0 Å². The van der Waals surface area contributed by atoms with Gasteiger partial charge in [0, 0.05) is 20.1 Å². The Labute approximate surface area is 120 Å². The lowest BCUT2D eigenvalue weighted by Gasteiger charge is -2.31. The number of nitrogens with zero attached hydrogens (tertiary/aromatic N) is 3. The van der Waals surface area contributed by atoms with Crippen molar-refractivity contribution in [3.8, 4) is 0 Å². The van der Waals surface area contributed by atoms with Gasteiger partial charge in [0.1, 0.15) is 0 Å². The molecule has 1 N–H and O–H groups in total. The van der Waals surface area contributed by atoms with Gasteiger partial charge in [-0.25, -0.2) is 12.7 Å². The molecule has 2 rings (SSSR count). The molecule has 2 atom stereocenters. The summed E-state index contributed by atoms with van der Waals surface area (Å²) < 4.78 is 26.4. The molecule has 7 heteroatoms. The van der Waals surface area contributed by atoms with Crippen molar-refractivity contribution in [2.24, 2.45) is 13.0 Å². The van der Waals surface area contributed by atoms with Crippen LogP contribution in [-0.4, -0.2) is 47.0 Å². The summed E-state index contributed by atoms with van der Waals surface area (Å²) in [7, 11) is -1.31. The number of hydrogen-bond donors (Lipinski definition) is 1. The van der Waals surface area contributed by atoms with Crippen molar-refractivity contribution in [1.82, 2.24) is 14.1 Å². The summed E-state index contributed by atoms with van der Waals surface area (Å²) in [5.41, 5.74) is 1.67. The predicted molar refractivity (Wildman–Crippen MR) is 76.7 cm³/mol. The van der Waals surface area contributed by atoms with E-state index in [2.05, 4.69) is 5.10 Å². The van der Waals surface area contributed by atoms with Crippen molar-refractivity contribution in [2.75, 3.05) is 19.3 Å². The number of aliphatic hydroxyl groups is 1. The van der Waals surface area contributed by atoms with E-state index < -0.39 is 16.1 Å². The number of aryl methyl sites for hydroxylation is 2. The summed E-state index contributed by atoms with van der Waals surface area (Å²) in [4.78, 5) is 0. The van der Waals surface area contributed by atoms with Crippen LogP contribution in [0.2, 0.25) is 0 Å². The molecule has 20 heavy (non-hydrogen) atoms. The van der Waals surface area contributed by atoms with Gasteiger partial charge in [0.2, 0.25) is 10.0 Å². The fourth-order valence-corrected chi connectivity index (χ4v) is 3.84. The predicted octanol–water partition coefficient (Wildman–Crippen LogP) is 0.824. The SMILES string of the molecule is Cc1cc(C(O)CC2CCCN(S(C)(=O)=O)C2)n(C)n1. The first-order valence-corrected chi connectivity index (χ1v) is 8.76. The molecule has 0 bridgehead atoms. The van der Waals surface area contributed by atoms with Gasteiger partial charge in [0.05, 0.1) is 23.7 Å². The third-order valence-corrected chi connectivity index (χ3v) is 5.16. The van der Waals surface area contributed by atoms with Crippen LogP contribution in [0.15, 0.2) is 6.07 Å². The van der Waals surface area contributed by atoms with Crippen LogP contribution >= 0.6 is 0 Å². The Morgan fingerprint density at radius 3 is 2.80 bits per heavy atom. The van der Waals surface area contributed by atoms with Crippen LogP contribution in [-0.2, 0) is 17.1 Å². The Kier molecular flexibility index (Phi) is 4.51. The van der Waals surface area contributed by atoms with Crippen LogP contribution in [0.3, 0.4) is 0 Å². The second kappa shape index (κ2) is 5.83. The lowest BCUT2D eigenvalue weighted by Crippen LogP contribution is -2.39. The Hall–Kier alpha value is -0.920. The second-order valence-corrected chi connectivity index (χ2v) is 7.70. The van der Waals surface area contributed by atoms with Gasteiger partial charge >= 0.3 is 0 Å². The van der Waals surface area contributed by atoms with Gasteiger partial charge in [-0.2, -0.15) is 5.10 Å². The Balaban J connectivity index is 2.01. The molecule has 0 aliphatic carbocycles. The summed E-state index contributed by atoms with van der Waals surface area (Å²) in [6.45, 7) is 2.99. The number of aliphatic hydroxyl groups excluding tert-OH is 1. The summed E-state index contributed by atoms with van der Waals surface area (Å²) in [6, 6.07) is 1.88. The smallest absolute Gasteiger partial charge is 0.211 e. The maximum Gasteiger partial charge on any atom is 0.211 e. The van der Waals surface area contributed by atoms with Gasteiger partial charge in [-0.3, -0.25) is 4.68 Å². The highest BCUT2D eigenvalue weighted by molar-refractivity contribution is 7.88. The molecule has 2 unspecified atom stereocenters. The fourth-order valence-electron chi connectivity index (χ4n) is 2.90. The van der Waals surface area contributed by atoms with E-state index in [0.29, 0.717) is 19.5 Å². The minimum atomic E-state index is -3.13. The van der Waals surface area contributed by atoms with E-state index in [1.54, 1.807) is 4.68 Å². The van der Waals surface area contributed by atoms with Crippen molar-refractivity contribution in [1.29, 1.82) is 0 Å². The molecular formula is C13H23N3O3S. The maximum atomic E-state index is 11.6. The first kappa shape index (κ1) is 15.5. The highest BCUT2D eigenvalue weighted by Gasteiger charge is 2.28. The van der Waals surface area contributed by atoms with Crippen LogP contribution in [0.4, 0.5) is 0 Å². The van der Waals surface area contributed by atoms with Crippen LogP contribution in [0.1, 0.15) is 36.8 Å². The topological polar surface area (TPSA) is 75.4 Å². The number of rotatable bonds is 4. The summed E-state index contributed by atoms with van der Waals surface area (Å²) in [5, 5.41) is 14.6. The minimum absolute atomic E-state index is 0.198. The maximum absolute atomic E-state index is 11.6. The number of sulfonamides is 1. The first-order chi connectivity index (χ1) is 9.27. The third kappa shape index (κ3) is 3.59. The van der Waals surface area contributed by atoms with E-state index in [1.165, 1.54) is 10.6 Å². The molecule has 0 radical (unpaired) electrons. The van der Waals surface area contributed by atoms with Gasteiger partial charge < -0.3 is 5.11 Å². The summed E-state index contributed by atoms with van der Waals surface area (Å²) >= 11 is 0. The Morgan fingerprint density at radius 1 is 1.55 bits per heavy atom. The lowest BCUT2D eigenvalue weighted by atomic mass is 9.92. The Morgan fingerprint density at radius 2 is 2.25 bits per heavy atom. The summed E-state index contributed by atoms with van der Waals surface area (Å²) in [6.07, 6.45) is 3.04. The zero-order valence-corrected chi connectivity index (χ0v) is 13.1. The fraction of sp³-hybridized carbons (Fsp3) is 0.769.